The van der Waals surface area contributed by atoms with Crippen LogP contribution in [0, 0.1) is 0 Å². The van der Waals surface area contributed by atoms with Gasteiger partial charge in [-0.25, -0.2) is 0 Å². The summed E-state index contributed by atoms with van der Waals surface area (Å²) in [5.41, 5.74) is 1.22. The van der Waals surface area contributed by atoms with Crippen molar-refractivity contribution in [3.63, 3.8) is 0 Å². The summed E-state index contributed by atoms with van der Waals surface area (Å²) in [6.07, 6.45) is 5.30. The van der Waals surface area contributed by atoms with E-state index in [2.05, 4.69) is 24.3 Å². The van der Waals surface area contributed by atoms with Gasteiger partial charge in [0.25, 0.3) is 0 Å². The molecule has 1 rings (SSSR count). The van der Waals surface area contributed by atoms with E-state index in [1.165, 1.54) is 5.56 Å². The van der Waals surface area contributed by atoms with E-state index < -0.39 is 0 Å². The van der Waals surface area contributed by atoms with Crippen molar-refractivity contribution in [2.45, 2.75) is 32.9 Å². The van der Waals surface area contributed by atoms with E-state index in [1.54, 1.807) is 0 Å². The Hall–Kier alpha value is -0.870. The van der Waals surface area contributed by atoms with E-state index in [1.807, 2.05) is 24.1 Å². The molecule has 0 aromatic carbocycles. The Kier molecular flexibility index (Phi) is 5.36. The molecule has 0 saturated heterocycles. The fourth-order valence-corrected chi connectivity index (χ4v) is 1.31. The lowest BCUT2D eigenvalue weighted by Gasteiger charge is -2.07. The van der Waals surface area contributed by atoms with Crippen LogP contribution in [0.25, 0.3) is 0 Å². The van der Waals surface area contributed by atoms with Crippen LogP contribution in [0.15, 0.2) is 12.4 Å². The van der Waals surface area contributed by atoms with Crippen molar-refractivity contribution in [2.75, 3.05) is 13.2 Å². The highest BCUT2D eigenvalue weighted by atomic mass is 16.5. The van der Waals surface area contributed by atoms with Crippen LogP contribution < -0.4 is 5.32 Å². The van der Waals surface area contributed by atoms with Gasteiger partial charge in [-0.3, -0.25) is 4.68 Å². The normalized spacial score (nSPS) is 11.2. The van der Waals surface area contributed by atoms with E-state index >= 15 is 0 Å². The van der Waals surface area contributed by atoms with Crippen LogP contribution in [0.2, 0.25) is 0 Å². The summed E-state index contributed by atoms with van der Waals surface area (Å²) in [7, 11) is 1.93. The minimum Gasteiger partial charge on any atom is -0.379 e. The van der Waals surface area contributed by atoms with Crippen molar-refractivity contribution in [1.29, 1.82) is 0 Å². The first-order valence-corrected chi connectivity index (χ1v) is 5.48. The second kappa shape index (κ2) is 6.58. The zero-order chi connectivity index (χ0) is 11.1. The summed E-state index contributed by atoms with van der Waals surface area (Å²) in [5.74, 6) is 0. The molecular weight excluding hydrogens is 190 g/mol. The number of aryl methyl sites for hydroxylation is 1. The molecule has 0 atom stereocenters. The van der Waals surface area contributed by atoms with Gasteiger partial charge in [-0.05, 0) is 26.8 Å². The summed E-state index contributed by atoms with van der Waals surface area (Å²) in [6, 6.07) is 0. The maximum Gasteiger partial charge on any atom is 0.0534 e. The molecule has 15 heavy (non-hydrogen) atoms. The smallest absolute Gasteiger partial charge is 0.0534 e. The minimum absolute atomic E-state index is 0.336. The van der Waals surface area contributed by atoms with Gasteiger partial charge in [-0.1, -0.05) is 0 Å². The van der Waals surface area contributed by atoms with E-state index in [0.29, 0.717) is 6.10 Å². The SMILES string of the molecule is CC(C)OCCCNCc1cnn(C)c1. The van der Waals surface area contributed by atoms with Crippen molar-refractivity contribution < 1.29 is 4.74 Å². The molecule has 0 spiro atoms. The third kappa shape index (κ3) is 5.54. The van der Waals surface area contributed by atoms with Crippen molar-refractivity contribution in [1.82, 2.24) is 15.1 Å². The molecular formula is C11H21N3O. The average Bonchev–Trinajstić information content (AvgIpc) is 2.57. The number of hydrogen-bond donors (Lipinski definition) is 1. The molecule has 4 heteroatoms. The molecule has 86 valence electrons. The number of nitrogens with zero attached hydrogens (tertiary/aromatic N) is 2. The van der Waals surface area contributed by atoms with Crippen molar-refractivity contribution in [3.05, 3.63) is 18.0 Å². The first kappa shape index (κ1) is 12.2. The third-order valence-electron chi connectivity index (χ3n) is 2.04. The Morgan fingerprint density at radius 1 is 1.53 bits per heavy atom. The highest BCUT2D eigenvalue weighted by Gasteiger charge is 1.96. The molecule has 1 aromatic rings. The first-order chi connectivity index (χ1) is 7.18. The molecule has 1 heterocycles. The highest BCUT2D eigenvalue weighted by molar-refractivity contribution is 5.02. The summed E-state index contributed by atoms with van der Waals surface area (Å²) < 4.78 is 7.26. The Labute approximate surface area is 91.6 Å². The van der Waals surface area contributed by atoms with Crippen LogP contribution in [0.3, 0.4) is 0 Å². The second-order valence-corrected chi connectivity index (χ2v) is 3.97. The summed E-state index contributed by atoms with van der Waals surface area (Å²) >= 11 is 0. The maximum absolute atomic E-state index is 5.44. The number of aromatic nitrogens is 2. The van der Waals surface area contributed by atoms with Gasteiger partial charge >= 0.3 is 0 Å². The fourth-order valence-electron chi connectivity index (χ4n) is 1.31. The molecule has 1 aromatic heterocycles. The predicted octanol–water partition coefficient (Wildman–Crippen LogP) is 1.32. The van der Waals surface area contributed by atoms with Crippen LogP contribution >= 0.6 is 0 Å². The molecule has 0 radical (unpaired) electrons. The Balaban J connectivity index is 1.98. The third-order valence-corrected chi connectivity index (χ3v) is 2.04. The molecule has 0 saturated carbocycles. The van der Waals surface area contributed by atoms with E-state index in [4.69, 9.17) is 4.74 Å². The van der Waals surface area contributed by atoms with E-state index in [-0.39, 0.29) is 0 Å². The molecule has 4 nitrogen and oxygen atoms in total. The second-order valence-electron chi connectivity index (χ2n) is 3.97. The van der Waals surface area contributed by atoms with Gasteiger partial charge < -0.3 is 10.1 Å². The van der Waals surface area contributed by atoms with Crippen molar-refractivity contribution in [2.24, 2.45) is 7.05 Å². The van der Waals surface area contributed by atoms with Gasteiger partial charge in [0.2, 0.25) is 0 Å². The maximum atomic E-state index is 5.44. The van der Waals surface area contributed by atoms with Crippen LogP contribution in [0.5, 0.6) is 0 Å². The molecule has 0 unspecified atom stereocenters. The number of hydrogen-bond acceptors (Lipinski definition) is 3. The summed E-state index contributed by atoms with van der Waals surface area (Å²) in [4.78, 5) is 0. The highest BCUT2D eigenvalue weighted by Crippen LogP contribution is 1.95. The van der Waals surface area contributed by atoms with Gasteiger partial charge in [0.05, 0.1) is 12.3 Å². The minimum atomic E-state index is 0.336. The Morgan fingerprint density at radius 3 is 2.93 bits per heavy atom. The molecule has 0 fully saturated rings. The molecule has 0 bridgehead atoms. The van der Waals surface area contributed by atoms with Gasteiger partial charge in [0.15, 0.2) is 0 Å². The van der Waals surface area contributed by atoms with Crippen LogP contribution in [0.4, 0.5) is 0 Å². The first-order valence-electron chi connectivity index (χ1n) is 5.48. The lowest BCUT2D eigenvalue weighted by atomic mass is 10.3. The number of nitrogens with one attached hydrogen (secondary N) is 1. The summed E-state index contributed by atoms with van der Waals surface area (Å²) in [5, 5.41) is 7.46. The van der Waals surface area contributed by atoms with Crippen LogP contribution in [-0.2, 0) is 18.3 Å². The monoisotopic (exact) mass is 211 g/mol. The molecule has 0 aliphatic heterocycles. The molecule has 0 amide bonds. The van der Waals surface area contributed by atoms with Gasteiger partial charge in [0.1, 0.15) is 0 Å². The van der Waals surface area contributed by atoms with Crippen molar-refractivity contribution in [3.8, 4) is 0 Å². The lowest BCUT2D eigenvalue weighted by molar-refractivity contribution is 0.0770. The Bertz CT molecular complexity index is 271. The molecule has 0 aliphatic carbocycles. The van der Waals surface area contributed by atoms with E-state index in [0.717, 1.165) is 26.1 Å². The van der Waals surface area contributed by atoms with Gasteiger partial charge in [-0.15, -0.1) is 0 Å². The standard InChI is InChI=1S/C11H21N3O/c1-10(2)15-6-4-5-12-7-11-8-13-14(3)9-11/h8-10,12H,4-7H2,1-3H3. The molecule has 1 N–H and O–H groups in total. The van der Waals surface area contributed by atoms with Gasteiger partial charge in [-0.2, -0.15) is 5.10 Å². The zero-order valence-electron chi connectivity index (χ0n) is 9.86. The predicted molar refractivity (Wildman–Crippen MR) is 60.6 cm³/mol. The quantitative estimate of drug-likeness (QED) is 0.691. The zero-order valence-corrected chi connectivity index (χ0v) is 9.86. The average molecular weight is 211 g/mol. The molecule has 0 aliphatic rings. The van der Waals surface area contributed by atoms with Crippen LogP contribution in [-0.4, -0.2) is 29.0 Å². The van der Waals surface area contributed by atoms with E-state index in [9.17, 15) is 0 Å². The largest absolute Gasteiger partial charge is 0.379 e. The van der Waals surface area contributed by atoms with Crippen LogP contribution in [0.1, 0.15) is 25.8 Å². The fraction of sp³-hybridized carbons (Fsp3) is 0.727. The van der Waals surface area contributed by atoms with Gasteiger partial charge in [0, 0.05) is 32.0 Å². The number of ether oxygens (including phenoxy) is 1. The lowest BCUT2D eigenvalue weighted by Crippen LogP contribution is -2.17. The number of rotatable bonds is 7. The van der Waals surface area contributed by atoms with Crippen molar-refractivity contribution >= 4 is 0 Å². The Morgan fingerprint density at radius 2 is 2.33 bits per heavy atom. The summed E-state index contributed by atoms with van der Waals surface area (Å²) in [6.45, 7) is 6.82. The topological polar surface area (TPSA) is 39.1 Å².